The van der Waals surface area contributed by atoms with E-state index in [4.69, 9.17) is 10.6 Å². The van der Waals surface area contributed by atoms with Gasteiger partial charge in [0.15, 0.2) is 0 Å². The molecule has 0 aliphatic rings. The lowest BCUT2D eigenvalue weighted by atomic mass is 10.2. The fraction of sp³-hybridized carbons (Fsp3) is 0.286. The number of nitrogen functional groups attached to an aromatic ring is 1. The molecule has 1 aromatic heterocycles. The highest BCUT2D eigenvalue weighted by Gasteiger charge is 2.17. The van der Waals surface area contributed by atoms with Crippen LogP contribution in [0.1, 0.15) is 28.7 Å². The van der Waals surface area contributed by atoms with E-state index in [2.05, 4.69) is 17.3 Å². The fourth-order valence-corrected chi connectivity index (χ4v) is 2.89. The molecule has 0 bridgehead atoms. The number of benzene rings is 1. The van der Waals surface area contributed by atoms with Crippen molar-refractivity contribution in [1.29, 1.82) is 0 Å². The van der Waals surface area contributed by atoms with E-state index >= 15 is 0 Å². The Labute approximate surface area is 121 Å². The molecule has 6 heteroatoms. The van der Waals surface area contributed by atoms with Crippen molar-refractivity contribution < 1.29 is 9.53 Å². The monoisotopic (exact) mass is 291 g/mol. The molecular weight excluding hydrogens is 274 g/mol. The van der Waals surface area contributed by atoms with E-state index in [1.165, 1.54) is 11.3 Å². The van der Waals surface area contributed by atoms with Crippen LogP contribution in [0.5, 0.6) is 5.75 Å². The van der Waals surface area contributed by atoms with E-state index in [9.17, 15) is 4.79 Å². The highest BCUT2D eigenvalue weighted by atomic mass is 32.1. The molecule has 20 heavy (non-hydrogen) atoms. The van der Waals surface area contributed by atoms with Crippen molar-refractivity contribution in [3.63, 3.8) is 0 Å². The van der Waals surface area contributed by atoms with Crippen LogP contribution >= 0.6 is 11.3 Å². The summed E-state index contributed by atoms with van der Waals surface area (Å²) < 4.78 is 5.21. The first-order valence-corrected chi connectivity index (χ1v) is 7.16. The molecule has 106 valence electrons. The number of hydrogen-bond acceptors (Lipinski definition) is 5. The van der Waals surface area contributed by atoms with Crippen molar-refractivity contribution in [2.24, 2.45) is 5.84 Å². The van der Waals surface area contributed by atoms with Gasteiger partial charge >= 0.3 is 0 Å². The molecule has 1 heterocycles. The minimum Gasteiger partial charge on any atom is -0.497 e. The Bertz CT molecular complexity index is 610. The molecule has 0 aliphatic carbocycles. The zero-order chi connectivity index (χ0) is 14.5. The van der Waals surface area contributed by atoms with Crippen LogP contribution in [0.15, 0.2) is 24.3 Å². The summed E-state index contributed by atoms with van der Waals surface area (Å²) in [5, 5.41) is 0.797. The van der Waals surface area contributed by atoms with E-state index < -0.39 is 0 Å². The zero-order valence-electron chi connectivity index (χ0n) is 11.5. The Hall–Kier alpha value is -1.92. The molecule has 0 aliphatic heterocycles. The Balaban J connectivity index is 2.43. The second-order valence-corrected chi connectivity index (χ2v) is 5.25. The summed E-state index contributed by atoms with van der Waals surface area (Å²) in [5.41, 5.74) is 3.90. The van der Waals surface area contributed by atoms with Gasteiger partial charge < -0.3 is 4.74 Å². The number of rotatable bonds is 5. The van der Waals surface area contributed by atoms with Crippen molar-refractivity contribution in [3.05, 3.63) is 34.8 Å². The molecule has 2 rings (SSSR count). The highest BCUT2D eigenvalue weighted by molar-refractivity contribution is 7.17. The number of carbonyl (C=O) groups is 1. The van der Waals surface area contributed by atoms with Crippen molar-refractivity contribution in [2.45, 2.75) is 19.8 Å². The molecule has 3 N–H and O–H groups in total. The van der Waals surface area contributed by atoms with Crippen LogP contribution in [0, 0.1) is 0 Å². The number of aromatic nitrogens is 1. The molecule has 0 unspecified atom stereocenters. The van der Waals surface area contributed by atoms with Gasteiger partial charge in [0.05, 0.1) is 12.8 Å². The lowest BCUT2D eigenvalue weighted by molar-refractivity contribution is 0.0956. The van der Waals surface area contributed by atoms with Gasteiger partial charge in [-0.15, -0.1) is 11.3 Å². The SMILES string of the molecule is CCCc1nc(-c2cccc(OC)c2)sc1C(=O)NN. The van der Waals surface area contributed by atoms with Crippen LogP contribution in [-0.2, 0) is 6.42 Å². The number of thiazole rings is 1. The number of hydrazine groups is 1. The van der Waals surface area contributed by atoms with Gasteiger partial charge in [-0.3, -0.25) is 10.2 Å². The number of nitrogens with one attached hydrogen (secondary N) is 1. The Morgan fingerprint density at radius 1 is 1.50 bits per heavy atom. The quantitative estimate of drug-likeness (QED) is 0.504. The van der Waals surface area contributed by atoms with E-state index in [1.54, 1.807) is 7.11 Å². The van der Waals surface area contributed by atoms with E-state index in [1.807, 2.05) is 24.3 Å². The molecule has 0 radical (unpaired) electrons. The summed E-state index contributed by atoms with van der Waals surface area (Å²) in [7, 11) is 1.62. The molecule has 0 atom stereocenters. The Kier molecular flexibility index (Phi) is 4.70. The molecular formula is C14H17N3O2S. The molecule has 0 saturated carbocycles. The molecule has 1 aromatic carbocycles. The first kappa shape index (κ1) is 14.5. The Morgan fingerprint density at radius 3 is 2.95 bits per heavy atom. The number of nitrogens with zero attached hydrogens (tertiary/aromatic N) is 1. The minimum absolute atomic E-state index is 0.292. The first-order chi connectivity index (χ1) is 9.69. The minimum atomic E-state index is -0.292. The van der Waals surface area contributed by atoms with Gasteiger partial charge in [0.25, 0.3) is 5.91 Å². The third kappa shape index (κ3) is 2.97. The van der Waals surface area contributed by atoms with Gasteiger partial charge in [-0.1, -0.05) is 25.5 Å². The number of amides is 1. The summed E-state index contributed by atoms with van der Waals surface area (Å²) in [6.45, 7) is 2.05. The maximum Gasteiger partial charge on any atom is 0.277 e. The van der Waals surface area contributed by atoms with Crippen LogP contribution < -0.4 is 16.0 Å². The van der Waals surface area contributed by atoms with Crippen LogP contribution in [0.25, 0.3) is 10.6 Å². The molecule has 0 saturated heterocycles. The lowest BCUT2D eigenvalue weighted by Gasteiger charge is -2.01. The number of carbonyl (C=O) groups excluding carboxylic acids is 1. The second-order valence-electron chi connectivity index (χ2n) is 4.25. The largest absolute Gasteiger partial charge is 0.497 e. The summed E-state index contributed by atoms with van der Waals surface area (Å²) in [6.07, 6.45) is 1.68. The molecule has 2 aromatic rings. The van der Waals surface area contributed by atoms with E-state index in [-0.39, 0.29) is 5.91 Å². The van der Waals surface area contributed by atoms with Crippen LogP contribution in [0.2, 0.25) is 0 Å². The van der Waals surface area contributed by atoms with Gasteiger partial charge in [0.1, 0.15) is 15.6 Å². The second kappa shape index (κ2) is 6.49. The number of nitrogens with two attached hydrogens (primary N) is 1. The molecule has 5 nitrogen and oxygen atoms in total. The van der Waals surface area contributed by atoms with Gasteiger partial charge in [0, 0.05) is 5.56 Å². The standard InChI is InChI=1S/C14H17N3O2S/c1-3-5-11-12(13(18)17-15)20-14(16-11)9-6-4-7-10(8-9)19-2/h4,6-8H,3,5,15H2,1-2H3,(H,17,18). The normalized spacial score (nSPS) is 10.3. The van der Waals surface area contributed by atoms with Gasteiger partial charge in [-0.05, 0) is 18.6 Å². The lowest BCUT2D eigenvalue weighted by Crippen LogP contribution is -2.30. The van der Waals surface area contributed by atoms with E-state index in [0.717, 1.165) is 34.9 Å². The highest BCUT2D eigenvalue weighted by Crippen LogP contribution is 2.30. The topological polar surface area (TPSA) is 77.2 Å². The van der Waals surface area contributed by atoms with Crippen LogP contribution in [-0.4, -0.2) is 18.0 Å². The van der Waals surface area contributed by atoms with Crippen LogP contribution in [0.3, 0.4) is 0 Å². The zero-order valence-corrected chi connectivity index (χ0v) is 12.3. The maximum atomic E-state index is 11.8. The van der Waals surface area contributed by atoms with Gasteiger partial charge in [0.2, 0.25) is 0 Å². The number of hydrogen-bond donors (Lipinski definition) is 2. The summed E-state index contributed by atoms with van der Waals surface area (Å²) in [6, 6.07) is 7.62. The summed E-state index contributed by atoms with van der Waals surface area (Å²) in [5.74, 6) is 5.69. The number of methoxy groups -OCH3 is 1. The molecule has 1 amide bonds. The number of aryl methyl sites for hydroxylation is 1. The van der Waals surface area contributed by atoms with Crippen molar-refractivity contribution in [3.8, 4) is 16.3 Å². The Morgan fingerprint density at radius 2 is 2.30 bits per heavy atom. The first-order valence-electron chi connectivity index (χ1n) is 6.34. The third-order valence-corrected chi connectivity index (χ3v) is 3.98. The van der Waals surface area contributed by atoms with Crippen molar-refractivity contribution in [1.82, 2.24) is 10.4 Å². The van der Waals surface area contributed by atoms with Crippen molar-refractivity contribution >= 4 is 17.2 Å². The number of ether oxygens (including phenoxy) is 1. The fourth-order valence-electron chi connectivity index (χ4n) is 1.88. The molecule has 0 fully saturated rings. The summed E-state index contributed by atoms with van der Waals surface area (Å²) in [4.78, 5) is 16.9. The predicted octanol–water partition coefficient (Wildman–Crippen LogP) is 2.37. The van der Waals surface area contributed by atoms with Crippen LogP contribution in [0.4, 0.5) is 0 Å². The smallest absolute Gasteiger partial charge is 0.277 e. The average molecular weight is 291 g/mol. The maximum absolute atomic E-state index is 11.8. The third-order valence-electron chi connectivity index (χ3n) is 2.84. The van der Waals surface area contributed by atoms with Gasteiger partial charge in [-0.2, -0.15) is 0 Å². The summed E-state index contributed by atoms with van der Waals surface area (Å²) >= 11 is 1.35. The van der Waals surface area contributed by atoms with E-state index in [0.29, 0.717) is 4.88 Å². The predicted molar refractivity (Wildman–Crippen MR) is 79.8 cm³/mol. The van der Waals surface area contributed by atoms with Crippen molar-refractivity contribution in [2.75, 3.05) is 7.11 Å². The average Bonchev–Trinajstić information content (AvgIpc) is 2.91. The molecule has 0 spiro atoms. The van der Waals surface area contributed by atoms with Gasteiger partial charge in [-0.25, -0.2) is 10.8 Å².